The average molecular weight is 560 g/mol. The molecule has 0 aliphatic rings. The van der Waals surface area contributed by atoms with Gasteiger partial charge < -0.3 is 15.0 Å². The van der Waals surface area contributed by atoms with Crippen molar-refractivity contribution < 1.29 is 31.5 Å². The van der Waals surface area contributed by atoms with Crippen LogP contribution in [0.15, 0.2) is 71.8 Å². The van der Waals surface area contributed by atoms with Gasteiger partial charge in [-0.05, 0) is 61.0 Å². The molecule has 0 spiro atoms. The zero-order valence-electron chi connectivity index (χ0n) is 21.4. The van der Waals surface area contributed by atoms with Crippen molar-refractivity contribution in [3.63, 3.8) is 0 Å². The number of halogens is 3. The number of aryl methyl sites for hydroxylation is 1. The number of aromatic nitrogens is 2. The number of aliphatic hydroxyl groups excluding tert-OH is 1. The summed E-state index contributed by atoms with van der Waals surface area (Å²) in [5, 5.41) is 13.5. The highest BCUT2D eigenvalue weighted by atomic mass is 32.2. The third-order valence-electron chi connectivity index (χ3n) is 6.59. The topological polar surface area (TPSA) is 101 Å². The van der Waals surface area contributed by atoms with Gasteiger partial charge in [0.1, 0.15) is 0 Å². The van der Waals surface area contributed by atoms with Gasteiger partial charge in [0.2, 0.25) is 0 Å². The number of benzene rings is 2. The van der Waals surface area contributed by atoms with Crippen molar-refractivity contribution in [1.82, 2.24) is 14.9 Å². The van der Waals surface area contributed by atoms with Gasteiger partial charge in [0.05, 0.1) is 28.9 Å². The van der Waals surface area contributed by atoms with Gasteiger partial charge in [0.15, 0.2) is 9.84 Å². The minimum Gasteiger partial charge on any atom is -0.394 e. The van der Waals surface area contributed by atoms with Gasteiger partial charge in [0, 0.05) is 47.0 Å². The molecule has 2 N–H and O–H groups in total. The lowest BCUT2D eigenvalue weighted by Crippen LogP contribution is -2.30. The SMILES string of the molecule is CCn1c(Cc2ccc(C(F)(F)F)cn2)cc2cc(C(=O)N[C@@H](CO)c3ccc(S(=O)(=O)CC)cc3)ccc21. The van der Waals surface area contributed by atoms with Crippen molar-refractivity contribution in [3.05, 3.63) is 94.9 Å². The van der Waals surface area contributed by atoms with Crippen molar-refractivity contribution >= 4 is 26.6 Å². The third-order valence-corrected chi connectivity index (χ3v) is 8.34. The average Bonchev–Trinajstić information content (AvgIpc) is 3.27. The Hall–Kier alpha value is -3.70. The van der Waals surface area contributed by atoms with E-state index in [1.54, 1.807) is 37.3 Å². The zero-order chi connectivity index (χ0) is 28.4. The number of rotatable bonds is 9. The summed E-state index contributed by atoms with van der Waals surface area (Å²) in [4.78, 5) is 17.2. The van der Waals surface area contributed by atoms with E-state index in [1.165, 1.54) is 18.2 Å². The van der Waals surface area contributed by atoms with Gasteiger partial charge in [0.25, 0.3) is 5.91 Å². The molecule has 0 bridgehead atoms. The molecule has 2 aromatic heterocycles. The van der Waals surface area contributed by atoms with E-state index in [-0.39, 0.29) is 17.3 Å². The Morgan fingerprint density at radius 2 is 1.77 bits per heavy atom. The van der Waals surface area contributed by atoms with Gasteiger partial charge in [-0.3, -0.25) is 9.78 Å². The lowest BCUT2D eigenvalue weighted by atomic mass is 10.1. The van der Waals surface area contributed by atoms with Gasteiger partial charge in [-0.15, -0.1) is 0 Å². The molecule has 2 aromatic carbocycles. The molecule has 0 aliphatic carbocycles. The maximum Gasteiger partial charge on any atom is 0.417 e. The van der Waals surface area contributed by atoms with E-state index in [9.17, 15) is 31.5 Å². The van der Waals surface area contributed by atoms with Crippen LogP contribution in [-0.4, -0.2) is 41.3 Å². The first kappa shape index (κ1) is 28.3. The fourth-order valence-electron chi connectivity index (χ4n) is 4.42. The van der Waals surface area contributed by atoms with Gasteiger partial charge in [-0.2, -0.15) is 13.2 Å². The second-order valence-corrected chi connectivity index (χ2v) is 11.3. The molecule has 1 atom stereocenters. The van der Waals surface area contributed by atoms with Gasteiger partial charge >= 0.3 is 6.18 Å². The van der Waals surface area contributed by atoms with Crippen LogP contribution in [0.2, 0.25) is 0 Å². The molecule has 0 fully saturated rings. The number of amides is 1. The van der Waals surface area contributed by atoms with Crippen LogP contribution in [0.5, 0.6) is 0 Å². The van der Waals surface area contributed by atoms with Crippen LogP contribution in [0, 0.1) is 0 Å². The molecule has 4 rings (SSSR count). The van der Waals surface area contributed by atoms with Crippen LogP contribution in [0.3, 0.4) is 0 Å². The van der Waals surface area contributed by atoms with Gasteiger partial charge in [-0.25, -0.2) is 8.42 Å². The molecular formula is C28H28F3N3O4S. The first-order valence-corrected chi connectivity index (χ1v) is 14.0. The van der Waals surface area contributed by atoms with Crippen molar-refractivity contribution in [2.24, 2.45) is 0 Å². The predicted octanol–water partition coefficient (Wildman–Crippen LogP) is 4.92. The van der Waals surface area contributed by atoms with E-state index >= 15 is 0 Å². The number of sulfone groups is 1. The highest BCUT2D eigenvalue weighted by Gasteiger charge is 2.30. The maximum atomic E-state index is 13.0. The number of fused-ring (bicyclic) bond motifs is 1. The van der Waals surface area contributed by atoms with E-state index in [2.05, 4.69) is 10.3 Å². The Kier molecular flexibility index (Phi) is 8.12. The molecule has 1 amide bonds. The molecule has 206 valence electrons. The van der Waals surface area contributed by atoms with Crippen LogP contribution >= 0.6 is 0 Å². The Bertz CT molecular complexity index is 1580. The molecule has 0 radical (unpaired) electrons. The number of nitrogens with zero attached hydrogens (tertiary/aromatic N) is 2. The van der Waals surface area contributed by atoms with Crippen LogP contribution in [0.25, 0.3) is 10.9 Å². The van der Waals surface area contributed by atoms with Crippen molar-refractivity contribution in [3.8, 4) is 0 Å². The van der Waals surface area contributed by atoms with E-state index in [1.807, 2.05) is 17.6 Å². The number of aliphatic hydroxyl groups is 1. The second kappa shape index (κ2) is 11.2. The molecule has 0 aliphatic heterocycles. The highest BCUT2D eigenvalue weighted by Crippen LogP contribution is 2.29. The Labute approximate surface area is 224 Å². The second-order valence-electron chi connectivity index (χ2n) is 9.05. The summed E-state index contributed by atoms with van der Waals surface area (Å²) in [5.74, 6) is -0.450. The first-order chi connectivity index (χ1) is 18.5. The summed E-state index contributed by atoms with van der Waals surface area (Å²) in [6, 6.07) is 14.7. The Balaban J connectivity index is 1.54. The highest BCUT2D eigenvalue weighted by molar-refractivity contribution is 7.91. The first-order valence-electron chi connectivity index (χ1n) is 12.4. The largest absolute Gasteiger partial charge is 0.417 e. The molecule has 11 heteroatoms. The Morgan fingerprint density at radius 1 is 1.05 bits per heavy atom. The number of pyridine rings is 1. The maximum absolute atomic E-state index is 13.0. The smallest absolute Gasteiger partial charge is 0.394 e. The van der Waals surface area contributed by atoms with Crippen LogP contribution in [0.1, 0.15) is 52.8 Å². The van der Waals surface area contributed by atoms with Crippen LogP contribution in [-0.2, 0) is 29.0 Å². The minimum atomic E-state index is -4.45. The zero-order valence-corrected chi connectivity index (χ0v) is 22.2. The third kappa shape index (κ3) is 6.15. The number of alkyl halides is 3. The number of carbonyl (C=O) groups excluding carboxylic acids is 1. The fraction of sp³-hybridized carbons (Fsp3) is 0.286. The van der Waals surface area contributed by atoms with Crippen LogP contribution < -0.4 is 5.32 Å². The molecule has 2 heterocycles. The quantitative estimate of drug-likeness (QED) is 0.303. The molecule has 0 unspecified atom stereocenters. The molecule has 39 heavy (non-hydrogen) atoms. The monoisotopic (exact) mass is 559 g/mol. The van der Waals surface area contributed by atoms with Crippen LogP contribution in [0.4, 0.5) is 13.2 Å². The molecule has 0 saturated carbocycles. The molecule has 0 saturated heterocycles. The standard InChI is InChI=1S/C28H28F3N3O4S/c1-3-34-23(15-22-9-8-21(16-32-22)28(29,30)31)14-20-13-19(7-12-26(20)34)27(36)33-25(17-35)18-5-10-24(11-6-18)39(37,38)4-2/h5-14,16,25,35H,3-4,15,17H2,1-2H3,(H,33,36)/t25-/m0/s1. The summed E-state index contributed by atoms with van der Waals surface area (Å²) >= 11 is 0. The number of carbonyl (C=O) groups is 1. The lowest BCUT2D eigenvalue weighted by molar-refractivity contribution is -0.137. The predicted molar refractivity (Wildman–Crippen MR) is 141 cm³/mol. The number of hydrogen-bond donors (Lipinski definition) is 2. The van der Waals surface area contributed by atoms with E-state index in [0.717, 1.165) is 28.9 Å². The Morgan fingerprint density at radius 3 is 2.33 bits per heavy atom. The van der Waals surface area contributed by atoms with Gasteiger partial charge in [-0.1, -0.05) is 19.1 Å². The molecule has 4 aromatic rings. The summed E-state index contributed by atoms with van der Waals surface area (Å²) in [7, 11) is -3.37. The van der Waals surface area contributed by atoms with Crippen molar-refractivity contribution in [1.29, 1.82) is 0 Å². The van der Waals surface area contributed by atoms with E-state index < -0.39 is 33.5 Å². The summed E-state index contributed by atoms with van der Waals surface area (Å²) in [6.45, 7) is 3.73. The minimum absolute atomic E-state index is 0.0304. The lowest BCUT2D eigenvalue weighted by Gasteiger charge is -2.17. The normalized spacial score (nSPS) is 13.0. The van der Waals surface area contributed by atoms with Crippen molar-refractivity contribution in [2.75, 3.05) is 12.4 Å². The fourth-order valence-corrected chi connectivity index (χ4v) is 5.31. The van der Waals surface area contributed by atoms with E-state index in [4.69, 9.17) is 0 Å². The van der Waals surface area contributed by atoms with Crippen molar-refractivity contribution in [2.45, 2.75) is 43.9 Å². The summed E-state index contributed by atoms with van der Waals surface area (Å²) in [5.41, 5.74) is 2.31. The number of nitrogens with one attached hydrogen (secondary N) is 1. The number of hydrogen-bond acceptors (Lipinski definition) is 5. The summed E-state index contributed by atoms with van der Waals surface area (Å²) < 4.78 is 64.7. The summed E-state index contributed by atoms with van der Waals surface area (Å²) in [6.07, 6.45) is -3.31. The van der Waals surface area contributed by atoms with E-state index in [0.29, 0.717) is 29.8 Å². The molecule has 7 nitrogen and oxygen atoms in total. The molecular weight excluding hydrogens is 531 g/mol.